The maximum atomic E-state index is 12.8. The number of halogens is 1. The van der Waals surface area contributed by atoms with E-state index in [9.17, 15) is 9.18 Å². The van der Waals surface area contributed by atoms with Crippen molar-refractivity contribution in [3.05, 3.63) is 46.3 Å². The minimum absolute atomic E-state index is 0.244. The Morgan fingerprint density at radius 2 is 2.29 bits per heavy atom. The van der Waals surface area contributed by atoms with Crippen molar-refractivity contribution in [1.82, 2.24) is 9.38 Å². The summed E-state index contributed by atoms with van der Waals surface area (Å²) in [6.45, 7) is 1.92. The van der Waals surface area contributed by atoms with Crippen LogP contribution in [-0.4, -0.2) is 9.38 Å². The predicted molar refractivity (Wildman–Crippen MR) is 50.8 cm³/mol. The van der Waals surface area contributed by atoms with Crippen LogP contribution in [0.1, 0.15) is 12.6 Å². The molecule has 0 aliphatic heterocycles. The number of pyridine rings is 1. The van der Waals surface area contributed by atoms with Gasteiger partial charge < -0.3 is 0 Å². The Labute approximate surface area is 79.8 Å². The van der Waals surface area contributed by atoms with Gasteiger partial charge in [-0.2, -0.15) is 0 Å². The summed E-state index contributed by atoms with van der Waals surface area (Å²) in [6, 6.07) is 4.21. The average molecular weight is 192 g/mol. The predicted octanol–water partition coefficient (Wildman–Crippen LogP) is 1.40. The summed E-state index contributed by atoms with van der Waals surface area (Å²) in [6.07, 6.45) is 1.84. The van der Waals surface area contributed by atoms with Gasteiger partial charge in [0, 0.05) is 18.0 Å². The molecule has 0 amide bonds. The normalized spacial score (nSPS) is 10.7. The smallest absolute Gasteiger partial charge is 0.258 e. The van der Waals surface area contributed by atoms with Crippen molar-refractivity contribution in [2.24, 2.45) is 0 Å². The van der Waals surface area contributed by atoms with Crippen LogP contribution in [0.25, 0.3) is 5.65 Å². The van der Waals surface area contributed by atoms with Crippen LogP contribution in [0.3, 0.4) is 0 Å². The van der Waals surface area contributed by atoms with Crippen LogP contribution in [0.4, 0.5) is 4.39 Å². The van der Waals surface area contributed by atoms with E-state index in [0.717, 1.165) is 11.9 Å². The molecule has 0 aromatic carbocycles. The number of hydrogen-bond acceptors (Lipinski definition) is 2. The van der Waals surface area contributed by atoms with Crippen molar-refractivity contribution in [3.8, 4) is 0 Å². The van der Waals surface area contributed by atoms with Gasteiger partial charge in [-0.25, -0.2) is 9.37 Å². The van der Waals surface area contributed by atoms with E-state index in [4.69, 9.17) is 0 Å². The van der Waals surface area contributed by atoms with Gasteiger partial charge in [0.05, 0.1) is 0 Å². The Kier molecular flexibility index (Phi) is 2.04. The molecule has 0 saturated carbocycles. The molecule has 0 unspecified atom stereocenters. The van der Waals surface area contributed by atoms with E-state index < -0.39 is 5.82 Å². The molecule has 0 aliphatic carbocycles. The van der Waals surface area contributed by atoms with Gasteiger partial charge in [0.15, 0.2) is 0 Å². The highest BCUT2D eigenvalue weighted by Crippen LogP contribution is 2.01. The summed E-state index contributed by atoms with van der Waals surface area (Å²) in [5.74, 6) is -0.439. The fourth-order valence-electron chi connectivity index (χ4n) is 1.31. The summed E-state index contributed by atoms with van der Waals surface area (Å²) < 4.78 is 14.0. The van der Waals surface area contributed by atoms with Crippen LogP contribution in [0.2, 0.25) is 0 Å². The number of fused-ring (bicyclic) bond motifs is 1. The van der Waals surface area contributed by atoms with E-state index in [0.29, 0.717) is 12.1 Å². The second-order valence-electron chi connectivity index (χ2n) is 3.01. The highest BCUT2D eigenvalue weighted by Gasteiger charge is 2.01. The van der Waals surface area contributed by atoms with Gasteiger partial charge in [0.25, 0.3) is 5.56 Å². The first-order valence-corrected chi connectivity index (χ1v) is 4.38. The second-order valence-corrected chi connectivity index (χ2v) is 3.01. The third kappa shape index (κ3) is 1.39. The molecule has 2 aromatic heterocycles. The molecule has 0 spiro atoms. The van der Waals surface area contributed by atoms with Crippen molar-refractivity contribution in [3.63, 3.8) is 0 Å². The zero-order valence-electron chi connectivity index (χ0n) is 7.70. The summed E-state index contributed by atoms with van der Waals surface area (Å²) in [4.78, 5) is 15.7. The molecule has 2 heterocycles. The largest absolute Gasteiger partial charge is 0.269 e. The van der Waals surface area contributed by atoms with E-state index in [1.807, 2.05) is 6.92 Å². The van der Waals surface area contributed by atoms with Gasteiger partial charge in [-0.15, -0.1) is 0 Å². The number of hydrogen-bond donors (Lipinski definition) is 0. The van der Waals surface area contributed by atoms with Gasteiger partial charge >= 0.3 is 0 Å². The molecule has 2 rings (SSSR count). The van der Waals surface area contributed by atoms with Crippen LogP contribution >= 0.6 is 0 Å². The standard InChI is InChI=1S/C10H9FN2O/c1-2-8-5-10(14)13-6-7(11)3-4-9(13)12-8/h3-6H,2H2,1H3. The van der Waals surface area contributed by atoms with Gasteiger partial charge in [-0.3, -0.25) is 9.20 Å². The minimum Gasteiger partial charge on any atom is -0.269 e. The van der Waals surface area contributed by atoms with Crippen LogP contribution in [0.5, 0.6) is 0 Å². The molecular formula is C10H9FN2O. The summed E-state index contributed by atoms with van der Waals surface area (Å²) in [5, 5.41) is 0. The lowest BCUT2D eigenvalue weighted by molar-refractivity contribution is 0.617. The summed E-state index contributed by atoms with van der Waals surface area (Å²) in [5.41, 5.74) is 0.962. The lowest BCUT2D eigenvalue weighted by Gasteiger charge is -2.01. The summed E-state index contributed by atoms with van der Waals surface area (Å²) in [7, 11) is 0. The first-order chi connectivity index (χ1) is 6.70. The van der Waals surface area contributed by atoms with Gasteiger partial charge in [-0.1, -0.05) is 6.92 Å². The Bertz CT molecular complexity index is 533. The fourth-order valence-corrected chi connectivity index (χ4v) is 1.31. The molecule has 0 radical (unpaired) electrons. The third-order valence-electron chi connectivity index (χ3n) is 2.04. The molecule has 0 aliphatic rings. The van der Waals surface area contributed by atoms with Crippen molar-refractivity contribution in [2.75, 3.05) is 0 Å². The topological polar surface area (TPSA) is 34.4 Å². The lowest BCUT2D eigenvalue weighted by Crippen LogP contribution is -2.15. The molecule has 2 aromatic rings. The molecule has 0 bridgehead atoms. The van der Waals surface area contributed by atoms with Crippen molar-refractivity contribution in [1.29, 1.82) is 0 Å². The molecule has 0 saturated heterocycles. The van der Waals surface area contributed by atoms with Gasteiger partial charge in [0.1, 0.15) is 11.5 Å². The van der Waals surface area contributed by atoms with Crippen LogP contribution < -0.4 is 5.56 Å². The van der Waals surface area contributed by atoms with Gasteiger partial charge in [-0.05, 0) is 18.6 Å². The Morgan fingerprint density at radius 3 is 3.00 bits per heavy atom. The van der Waals surface area contributed by atoms with Crippen LogP contribution in [-0.2, 0) is 6.42 Å². The Hall–Kier alpha value is -1.71. The molecule has 14 heavy (non-hydrogen) atoms. The number of aryl methyl sites for hydroxylation is 1. The monoisotopic (exact) mass is 192 g/mol. The first kappa shape index (κ1) is 8.87. The summed E-state index contributed by atoms with van der Waals surface area (Å²) >= 11 is 0. The number of aromatic nitrogens is 2. The lowest BCUT2D eigenvalue weighted by atomic mass is 10.3. The van der Waals surface area contributed by atoms with E-state index in [2.05, 4.69) is 4.98 Å². The highest BCUT2D eigenvalue weighted by molar-refractivity contribution is 5.38. The molecule has 0 atom stereocenters. The number of rotatable bonds is 1. The van der Waals surface area contributed by atoms with Crippen LogP contribution in [0.15, 0.2) is 29.2 Å². The zero-order valence-corrected chi connectivity index (χ0v) is 7.70. The maximum absolute atomic E-state index is 12.8. The number of nitrogens with zero attached hydrogens (tertiary/aromatic N) is 2. The second kappa shape index (κ2) is 3.21. The van der Waals surface area contributed by atoms with E-state index in [-0.39, 0.29) is 5.56 Å². The maximum Gasteiger partial charge on any atom is 0.258 e. The van der Waals surface area contributed by atoms with E-state index in [1.54, 1.807) is 0 Å². The van der Waals surface area contributed by atoms with Crippen LogP contribution in [0, 0.1) is 5.82 Å². The zero-order chi connectivity index (χ0) is 10.1. The fraction of sp³-hybridized carbons (Fsp3) is 0.200. The molecular weight excluding hydrogens is 183 g/mol. The van der Waals surface area contributed by atoms with E-state index >= 15 is 0 Å². The SMILES string of the molecule is CCc1cc(=O)n2cc(F)ccc2n1. The van der Waals surface area contributed by atoms with Crippen molar-refractivity contribution >= 4 is 5.65 Å². The molecule has 0 fully saturated rings. The van der Waals surface area contributed by atoms with E-state index in [1.165, 1.54) is 22.6 Å². The molecule has 0 N–H and O–H groups in total. The van der Waals surface area contributed by atoms with Gasteiger partial charge in [0.2, 0.25) is 0 Å². The quantitative estimate of drug-likeness (QED) is 0.684. The average Bonchev–Trinajstić information content (AvgIpc) is 2.19. The Morgan fingerprint density at radius 1 is 1.50 bits per heavy atom. The highest BCUT2D eigenvalue weighted by atomic mass is 19.1. The molecule has 3 nitrogen and oxygen atoms in total. The first-order valence-electron chi connectivity index (χ1n) is 4.38. The van der Waals surface area contributed by atoms with Crippen molar-refractivity contribution in [2.45, 2.75) is 13.3 Å². The third-order valence-corrected chi connectivity index (χ3v) is 2.04. The molecule has 72 valence electrons. The Balaban J connectivity index is 2.83. The van der Waals surface area contributed by atoms with Crippen molar-refractivity contribution < 1.29 is 4.39 Å². The minimum atomic E-state index is -0.439. The molecule has 4 heteroatoms.